The van der Waals surface area contributed by atoms with Crippen molar-refractivity contribution in [2.24, 2.45) is 0 Å². The number of benzene rings is 1. The lowest BCUT2D eigenvalue weighted by atomic mass is 9.95. The molecule has 1 N–H and O–H groups in total. The maximum absolute atomic E-state index is 13.1. The van der Waals surface area contributed by atoms with Gasteiger partial charge in [-0.15, -0.1) is 0 Å². The molecule has 0 aromatic heterocycles. The fourth-order valence-electron chi connectivity index (χ4n) is 3.74. The molecule has 0 unspecified atom stereocenters. The largest absolute Gasteiger partial charge is 0.445 e. The number of carbonyl (C=O) groups excluding carboxylic acids is 1. The second-order valence-corrected chi connectivity index (χ2v) is 15.3. The molecule has 0 radical (unpaired) electrons. The first-order valence-corrected chi connectivity index (χ1v) is 13.9. The van der Waals surface area contributed by atoms with Crippen LogP contribution < -0.4 is 0 Å². The van der Waals surface area contributed by atoms with Crippen LogP contribution in [-0.2, 0) is 25.2 Å². The number of nitrogens with zero attached hydrogens (tertiary/aromatic N) is 1. The van der Waals surface area contributed by atoms with Crippen molar-refractivity contribution in [1.29, 1.82) is 0 Å². The highest BCUT2D eigenvalue weighted by atomic mass is 28.4. The summed E-state index contributed by atoms with van der Waals surface area (Å²) >= 11 is 0. The van der Waals surface area contributed by atoms with Crippen molar-refractivity contribution in [3.8, 4) is 0 Å². The summed E-state index contributed by atoms with van der Waals surface area (Å²) in [6.45, 7) is 15.1. The van der Waals surface area contributed by atoms with Crippen LogP contribution in [0.5, 0.6) is 0 Å². The van der Waals surface area contributed by atoms with Gasteiger partial charge in [0.1, 0.15) is 24.9 Å². The maximum atomic E-state index is 13.1. The van der Waals surface area contributed by atoms with E-state index in [-0.39, 0.29) is 24.8 Å². The van der Waals surface area contributed by atoms with Crippen molar-refractivity contribution >= 4 is 14.4 Å². The van der Waals surface area contributed by atoms with E-state index in [4.69, 9.17) is 18.6 Å². The SMILES string of the molecule is CC1(C)O[C@H]2[C@H](O)[C@@H](CO[Si](C)(C)C(C)(C)C)N(C(=O)OCc3ccccc3)C[C@H]2O1. The highest BCUT2D eigenvalue weighted by Crippen LogP contribution is 2.39. The lowest BCUT2D eigenvalue weighted by Gasteiger charge is -2.45. The van der Waals surface area contributed by atoms with Crippen LogP contribution in [0.25, 0.3) is 0 Å². The van der Waals surface area contributed by atoms with Crippen LogP contribution in [0.2, 0.25) is 18.1 Å². The van der Waals surface area contributed by atoms with Crippen LogP contribution in [0, 0.1) is 0 Å². The molecule has 2 heterocycles. The highest BCUT2D eigenvalue weighted by molar-refractivity contribution is 6.74. The van der Waals surface area contributed by atoms with E-state index in [1.54, 1.807) is 4.90 Å². The number of amides is 1. The van der Waals surface area contributed by atoms with Crippen LogP contribution in [0.3, 0.4) is 0 Å². The average Bonchev–Trinajstić information content (AvgIpc) is 2.99. The molecule has 4 atom stereocenters. The minimum Gasteiger partial charge on any atom is -0.445 e. The third-order valence-corrected chi connectivity index (χ3v) is 11.1. The monoisotopic (exact) mass is 451 g/mol. The number of aliphatic hydroxyl groups is 1. The average molecular weight is 452 g/mol. The van der Waals surface area contributed by atoms with Crippen molar-refractivity contribution in [1.82, 2.24) is 4.90 Å². The van der Waals surface area contributed by atoms with Gasteiger partial charge in [0, 0.05) is 0 Å². The molecule has 0 saturated carbocycles. The summed E-state index contributed by atoms with van der Waals surface area (Å²) < 4.78 is 23.9. The summed E-state index contributed by atoms with van der Waals surface area (Å²) in [7, 11) is -2.08. The lowest BCUT2D eigenvalue weighted by Crippen LogP contribution is -2.64. The summed E-state index contributed by atoms with van der Waals surface area (Å²) in [5, 5.41) is 11.2. The number of rotatable bonds is 5. The van der Waals surface area contributed by atoms with Gasteiger partial charge in [-0.2, -0.15) is 0 Å². The molecule has 1 aromatic rings. The van der Waals surface area contributed by atoms with Gasteiger partial charge in [0.15, 0.2) is 14.1 Å². The Hall–Kier alpha value is -1.45. The summed E-state index contributed by atoms with van der Waals surface area (Å²) in [5.41, 5.74) is 0.905. The fourth-order valence-corrected chi connectivity index (χ4v) is 4.76. The molecule has 0 spiro atoms. The van der Waals surface area contributed by atoms with Crippen molar-refractivity contribution in [3.05, 3.63) is 35.9 Å². The van der Waals surface area contributed by atoms with Gasteiger partial charge >= 0.3 is 6.09 Å². The molecule has 8 heteroatoms. The van der Waals surface area contributed by atoms with Crippen LogP contribution in [0.4, 0.5) is 4.79 Å². The summed E-state index contributed by atoms with van der Waals surface area (Å²) in [5.74, 6) is -0.814. The number of fused-ring (bicyclic) bond motifs is 1. The normalized spacial score (nSPS) is 28.3. The molecule has 2 saturated heterocycles. The van der Waals surface area contributed by atoms with Gasteiger partial charge in [-0.25, -0.2) is 4.79 Å². The topological polar surface area (TPSA) is 77.5 Å². The Balaban J connectivity index is 1.76. The zero-order valence-corrected chi connectivity index (χ0v) is 20.8. The molecular formula is C23H37NO6Si. The Bertz CT molecular complexity index is 763. The summed E-state index contributed by atoms with van der Waals surface area (Å²) in [6, 6.07) is 8.96. The van der Waals surface area contributed by atoms with E-state index < -0.39 is 44.6 Å². The summed E-state index contributed by atoms with van der Waals surface area (Å²) in [6.07, 6.45) is -2.35. The standard InChI is InChI=1S/C23H37NO6Si/c1-22(2,3)31(6,7)28-15-17-19(25)20-18(29-23(4,5)30-20)13-24(17)21(26)27-14-16-11-9-8-10-12-16/h8-12,17-20,25H,13-15H2,1-7H3/t17-,18-,19-,20-/m1/s1. The predicted octanol–water partition coefficient (Wildman–Crippen LogP) is 3.91. The molecule has 174 valence electrons. The van der Waals surface area contributed by atoms with Crippen LogP contribution >= 0.6 is 0 Å². The number of likely N-dealkylation sites (tertiary alicyclic amines) is 1. The molecule has 0 aliphatic carbocycles. The van der Waals surface area contributed by atoms with E-state index in [9.17, 15) is 9.90 Å². The second-order valence-electron chi connectivity index (χ2n) is 10.5. The molecule has 31 heavy (non-hydrogen) atoms. The van der Waals surface area contributed by atoms with Gasteiger partial charge in [0.2, 0.25) is 0 Å². The van der Waals surface area contributed by atoms with E-state index in [1.165, 1.54) is 0 Å². The molecule has 0 bridgehead atoms. The number of hydrogen-bond donors (Lipinski definition) is 1. The molecule has 7 nitrogen and oxygen atoms in total. The van der Waals surface area contributed by atoms with Crippen LogP contribution in [-0.4, -0.2) is 67.7 Å². The Labute approximate surface area is 186 Å². The van der Waals surface area contributed by atoms with E-state index in [0.717, 1.165) is 5.56 Å². The molecule has 1 amide bonds. The third kappa shape index (κ3) is 5.49. The quantitative estimate of drug-likeness (QED) is 0.684. The molecular weight excluding hydrogens is 414 g/mol. The first-order chi connectivity index (χ1) is 14.3. The fraction of sp³-hybridized carbons (Fsp3) is 0.696. The maximum Gasteiger partial charge on any atom is 0.410 e. The van der Waals surface area contributed by atoms with Crippen molar-refractivity contribution in [2.45, 2.75) is 89.5 Å². The molecule has 2 aliphatic heterocycles. The van der Waals surface area contributed by atoms with E-state index in [1.807, 2.05) is 44.2 Å². The van der Waals surface area contributed by atoms with Gasteiger partial charge in [-0.05, 0) is 37.5 Å². The van der Waals surface area contributed by atoms with E-state index in [0.29, 0.717) is 0 Å². The van der Waals surface area contributed by atoms with Gasteiger partial charge in [0.25, 0.3) is 0 Å². The van der Waals surface area contributed by atoms with Gasteiger partial charge in [-0.1, -0.05) is 51.1 Å². The van der Waals surface area contributed by atoms with E-state index in [2.05, 4.69) is 33.9 Å². The molecule has 3 rings (SSSR count). The highest BCUT2D eigenvalue weighted by Gasteiger charge is 2.54. The van der Waals surface area contributed by atoms with Crippen molar-refractivity contribution in [2.75, 3.05) is 13.2 Å². The number of carbonyl (C=O) groups is 1. The Kier molecular flexibility index (Phi) is 6.89. The van der Waals surface area contributed by atoms with Gasteiger partial charge < -0.3 is 23.7 Å². The van der Waals surface area contributed by atoms with Crippen molar-refractivity contribution < 1.29 is 28.5 Å². The first-order valence-electron chi connectivity index (χ1n) is 11.0. The Morgan fingerprint density at radius 3 is 2.48 bits per heavy atom. The second kappa shape index (κ2) is 8.82. The molecule has 2 aliphatic rings. The number of piperidine rings is 1. The minimum atomic E-state index is -2.08. The summed E-state index contributed by atoms with van der Waals surface area (Å²) in [4.78, 5) is 14.6. The first kappa shape index (κ1) is 24.2. The predicted molar refractivity (Wildman–Crippen MR) is 120 cm³/mol. The van der Waals surface area contributed by atoms with Gasteiger partial charge in [0.05, 0.1) is 19.2 Å². The van der Waals surface area contributed by atoms with Gasteiger partial charge in [-0.3, -0.25) is 4.90 Å². The smallest absolute Gasteiger partial charge is 0.410 e. The number of aliphatic hydroxyl groups excluding tert-OH is 1. The molecule has 1 aromatic carbocycles. The number of hydrogen-bond acceptors (Lipinski definition) is 6. The minimum absolute atomic E-state index is 0.0166. The van der Waals surface area contributed by atoms with Crippen LogP contribution in [0.1, 0.15) is 40.2 Å². The Morgan fingerprint density at radius 2 is 1.87 bits per heavy atom. The third-order valence-electron chi connectivity index (χ3n) is 6.59. The Morgan fingerprint density at radius 1 is 1.23 bits per heavy atom. The number of ether oxygens (including phenoxy) is 3. The zero-order chi connectivity index (χ0) is 23.0. The van der Waals surface area contributed by atoms with Crippen LogP contribution in [0.15, 0.2) is 30.3 Å². The molecule has 2 fully saturated rings. The zero-order valence-electron chi connectivity index (χ0n) is 19.8. The van der Waals surface area contributed by atoms with E-state index >= 15 is 0 Å². The lowest BCUT2D eigenvalue weighted by molar-refractivity contribution is -0.155. The van der Waals surface area contributed by atoms with Crippen molar-refractivity contribution in [3.63, 3.8) is 0 Å².